The van der Waals surface area contributed by atoms with Crippen LogP contribution in [0.5, 0.6) is 0 Å². The maximum atomic E-state index is 12.6. The van der Waals surface area contributed by atoms with Gasteiger partial charge >= 0.3 is 6.09 Å². The monoisotopic (exact) mass is 359 g/mol. The van der Waals surface area contributed by atoms with Crippen LogP contribution in [0.4, 0.5) is 4.79 Å². The average molecular weight is 359 g/mol. The Morgan fingerprint density at radius 2 is 1.85 bits per heavy atom. The third kappa shape index (κ3) is 5.00. The summed E-state index contributed by atoms with van der Waals surface area (Å²) in [5, 5.41) is 6.78. The van der Waals surface area contributed by atoms with Gasteiger partial charge in [0.05, 0.1) is 6.04 Å². The molecule has 2 aromatic rings. The van der Waals surface area contributed by atoms with Crippen molar-refractivity contribution >= 4 is 22.9 Å². The number of nitrogens with zero attached hydrogens (tertiary/aromatic N) is 1. The number of carbonyl (C=O) groups is 2. The lowest BCUT2D eigenvalue weighted by Crippen LogP contribution is -2.48. The Hall–Kier alpha value is -2.50. The zero-order chi connectivity index (χ0) is 19.5. The number of amides is 2. The number of hydrogen-bond acceptors (Lipinski definition) is 3. The molecule has 0 saturated heterocycles. The molecular formula is C20H29N3O3. The predicted molar refractivity (Wildman–Crippen MR) is 103 cm³/mol. The molecule has 0 aliphatic heterocycles. The van der Waals surface area contributed by atoms with E-state index in [9.17, 15) is 9.59 Å². The van der Waals surface area contributed by atoms with E-state index in [0.29, 0.717) is 12.2 Å². The molecule has 6 heteroatoms. The second-order valence-corrected chi connectivity index (χ2v) is 7.85. The Kier molecular flexibility index (Phi) is 5.95. The molecule has 1 aromatic heterocycles. The SMILES string of the molecule is CC(C)C(CNC(=O)c1cc2ccccc2n1C)NC(=O)OC(C)(C)C. The first kappa shape index (κ1) is 19.8. The van der Waals surface area contributed by atoms with Crippen molar-refractivity contribution in [2.75, 3.05) is 6.54 Å². The molecular weight excluding hydrogens is 330 g/mol. The van der Waals surface area contributed by atoms with Crippen LogP contribution in [0.2, 0.25) is 0 Å². The number of aryl methyl sites for hydroxylation is 1. The molecule has 2 amide bonds. The van der Waals surface area contributed by atoms with Gasteiger partial charge in [-0.2, -0.15) is 0 Å². The van der Waals surface area contributed by atoms with Gasteiger partial charge in [-0.15, -0.1) is 0 Å². The summed E-state index contributed by atoms with van der Waals surface area (Å²) in [6.45, 7) is 9.77. The van der Waals surface area contributed by atoms with Crippen LogP contribution in [0.15, 0.2) is 30.3 Å². The number of aromatic nitrogens is 1. The summed E-state index contributed by atoms with van der Waals surface area (Å²) in [5.41, 5.74) is 1.04. The van der Waals surface area contributed by atoms with Crippen LogP contribution in [-0.4, -0.2) is 34.8 Å². The Bertz CT molecular complexity index is 787. The summed E-state index contributed by atoms with van der Waals surface area (Å²) in [4.78, 5) is 24.6. The number of carbonyl (C=O) groups excluding carboxylic acids is 2. The van der Waals surface area contributed by atoms with Gasteiger partial charge in [0.2, 0.25) is 0 Å². The van der Waals surface area contributed by atoms with E-state index in [1.807, 2.05) is 76.6 Å². The van der Waals surface area contributed by atoms with Gasteiger partial charge in [0.25, 0.3) is 5.91 Å². The molecule has 0 spiro atoms. The van der Waals surface area contributed by atoms with Crippen molar-refractivity contribution in [2.24, 2.45) is 13.0 Å². The molecule has 0 aliphatic rings. The first-order chi connectivity index (χ1) is 12.1. The largest absolute Gasteiger partial charge is 0.444 e. The van der Waals surface area contributed by atoms with Gasteiger partial charge < -0.3 is 19.9 Å². The van der Waals surface area contributed by atoms with Crippen LogP contribution in [0, 0.1) is 5.92 Å². The molecule has 2 N–H and O–H groups in total. The Morgan fingerprint density at radius 3 is 2.42 bits per heavy atom. The maximum Gasteiger partial charge on any atom is 0.407 e. The number of ether oxygens (including phenoxy) is 1. The lowest BCUT2D eigenvalue weighted by Gasteiger charge is -2.26. The van der Waals surface area contributed by atoms with Crippen LogP contribution >= 0.6 is 0 Å². The quantitative estimate of drug-likeness (QED) is 0.859. The second kappa shape index (κ2) is 7.81. The average Bonchev–Trinajstić information content (AvgIpc) is 2.86. The Morgan fingerprint density at radius 1 is 1.19 bits per heavy atom. The van der Waals surface area contributed by atoms with Crippen LogP contribution < -0.4 is 10.6 Å². The van der Waals surface area contributed by atoms with Crippen molar-refractivity contribution in [1.29, 1.82) is 0 Å². The summed E-state index contributed by atoms with van der Waals surface area (Å²) >= 11 is 0. The van der Waals surface area contributed by atoms with Gasteiger partial charge in [-0.25, -0.2) is 4.79 Å². The van der Waals surface area contributed by atoms with Crippen LogP contribution in [-0.2, 0) is 11.8 Å². The topological polar surface area (TPSA) is 72.4 Å². The van der Waals surface area contributed by atoms with E-state index >= 15 is 0 Å². The van der Waals surface area contributed by atoms with Gasteiger partial charge in [0, 0.05) is 24.5 Å². The smallest absolute Gasteiger partial charge is 0.407 e. The van der Waals surface area contributed by atoms with Crippen molar-refractivity contribution in [3.63, 3.8) is 0 Å². The molecule has 1 heterocycles. The van der Waals surface area contributed by atoms with E-state index < -0.39 is 11.7 Å². The molecule has 1 unspecified atom stereocenters. The molecule has 6 nitrogen and oxygen atoms in total. The summed E-state index contributed by atoms with van der Waals surface area (Å²) in [7, 11) is 1.87. The van der Waals surface area contributed by atoms with Gasteiger partial charge in [-0.05, 0) is 38.8 Å². The second-order valence-electron chi connectivity index (χ2n) is 7.85. The van der Waals surface area contributed by atoms with Gasteiger partial charge in [-0.1, -0.05) is 32.0 Å². The molecule has 0 saturated carbocycles. The zero-order valence-corrected chi connectivity index (χ0v) is 16.4. The highest BCUT2D eigenvalue weighted by Crippen LogP contribution is 2.18. The highest BCUT2D eigenvalue weighted by molar-refractivity contribution is 5.98. The van der Waals surface area contributed by atoms with E-state index in [4.69, 9.17) is 4.74 Å². The van der Waals surface area contributed by atoms with Gasteiger partial charge in [0.15, 0.2) is 0 Å². The molecule has 0 bridgehead atoms. The van der Waals surface area contributed by atoms with Gasteiger partial charge in [-0.3, -0.25) is 4.79 Å². The normalized spacial score (nSPS) is 12.9. The standard InChI is InChI=1S/C20H29N3O3/c1-13(2)15(22-19(25)26-20(3,4)5)12-21-18(24)17-11-14-9-7-8-10-16(14)23(17)6/h7-11,13,15H,12H2,1-6H3,(H,21,24)(H,22,25). The fourth-order valence-electron chi connectivity index (χ4n) is 2.71. The number of hydrogen-bond donors (Lipinski definition) is 2. The van der Waals surface area contributed by atoms with Crippen LogP contribution in [0.25, 0.3) is 10.9 Å². The Labute approximate surface area is 154 Å². The van der Waals surface area contributed by atoms with Crippen molar-refractivity contribution in [1.82, 2.24) is 15.2 Å². The third-order valence-corrected chi connectivity index (χ3v) is 4.17. The summed E-state index contributed by atoms with van der Waals surface area (Å²) in [5.74, 6) is -0.0179. The van der Waals surface area contributed by atoms with Crippen molar-refractivity contribution in [3.05, 3.63) is 36.0 Å². The van der Waals surface area contributed by atoms with E-state index in [1.54, 1.807) is 0 Å². The minimum Gasteiger partial charge on any atom is -0.444 e. The zero-order valence-electron chi connectivity index (χ0n) is 16.4. The first-order valence-corrected chi connectivity index (χ1v) is 8.90. The fraction of sp³-hybridized carbons (Fsp3) is 0.500. The molecule has 0 radical (unpaired) electrons. The highest BCUT2D eigenvalue weighted by atomic mass is 16.6. The molecule has 1 aromatic carbocycles. The third-order valence-electron chi connectivity index (χ3n) is 4.17. The molecule has 2 rings (SSSR count). The van der Waals surface area contributed by atoms with Crippen LogP contribution in [0.3, 0.4) is 0 Å². The number of benzene rings is 1. The van der Waals surface area contributed by atoms with Crippen molar-refractivity contribution in [2.45, 2.75) is 46.3 Å². The minimum absolute atomic E-state index is 0.148. The van der Waals surface area contributed by atoms with E-state index in [1.165, 1.54) is 0 Å². The first-order valence-electron chi connectivity index (χ1n) is 8.90. The number of fused-ring (bicyclic) bond motifs is 1. The van der Waals surface area contributed by atoms with E-state index in [-0.39, 0.29) is 17.9 Å². The number of nitrogens with one attached hydrogen (secondary N) is 2. The summed E-state index contributed by atoms with van der Waals surface area (Å²) in [6.07, 6.45) is -0.477. The number of alkyl carbamates (subject to hydrolysis) is 1. The molecule has 26 heavy (non-hydrogen) atoms. The van der Waals surface area contributed by atoms with Crippen molar-refractivity contribution < 1.29 is 14.3 Å². The van der Waals surface area contributed by atoms with Gasteiger partial charge in [0.1, 0.15) is 11.3 Å². The lowest BCUT2D eigenvalue weighted by molar-refractivity contribution is 0.0487. The lowest BCUT2D eigenvalue weighted by atomic mass is 10.0. The molecule has 0 aliphatic carbocycles. The molecule has 1 atom stereocenters. The van der Waals surface area contributed by atoms with Crippen molar-refractivity contribution in [3.8, 4) is 0 Å². The van der Waals surface area contributed by atoms with E-state index in [0.717, 1.165) is 10.9 Å². The summed E-state index contributed by atoms with van der Waals surface area (Å²) in [6, 6.07) is 9.51. The van der Waals surface area contributed by atoms with Crippen LogP contribution in [0.1, 0.15) is 45.1 Å². The maximum absolute atomic E-state index is 12.6. The predicted octanol–water partition coefficient (Wildman–Crippen LogP) is 3.46. The Balaban J connectivity index is 2.02. The molecule has 0 fully saturated rings. The van der Waals surface area contributed by atoms with E-state index in [2.05, 4.69) is 10.6 Å². The summed E-state index contributed by atoms with van der Waals surface area (Å²) < 4.78 is 7.17. The molecule has 142 valence electrons. The number of para-hydroxylation sites is 1. The fourth-order valence-corrected chi connectivity index (χ4v) is 2.71. The minimum atomic E-state index is -0.558. The highest BCUT2D eigenvalue weighted by Gasteiger charge is 2.22. The number of rotatable bonds is 5.